The highest BCUT2D eigenvalue weighted by Gasteiger charge is 2.17. The van der Waals surface area contributed by atoms with E-state index in [9.17, 15) is 0 Å². The third-order valence-corrected chi connectivity index (χ3v) is 5.45. The zero-order valence-corrected chi connectivity index (χ0v) is 12.9. The zero-order chi connectivity index (χ0) is 12.2. The van der Waals surface area contributed by atoms with Crippen molar-refractivity contribution in [1.82, 2.24) is 0 Å². The van der Waals surface area contributed by atoms with Crippen molar-refractivity contribution in [3.05, 3.63) is 0 Å². The summed E-state index contributed by atoms with van der Waals surface area (Å²) in [6, 6.07) is 0.936. The molecule has 1 unspecified atom stereocenters. The molecule has 98 valence electrons. The predicted octanol–water partition coefficient (Wildman–Crippen LogP) is 3.86. The normalized spacial score (nSPS) is 13.3. The van der Waals surface area contributed by atoms with Crippen molar-refractivity contribution in [2.24, 2.45) is 0 Å². The molecule has 0 aromatic rings. The second kappa shape index (κ2) is 11.9. The highest BCUT2D eigenvalue weighted by molar-refractivity contribution is 6.46. The van der Waals surface area contributed by atoms with Gasteiger partial charge >= 0.3 is 9.28 Å². The van der Waals surface area contributed by atoms with Crippen LogP contribution in [0.15, 0.2) is 0 Å². The molecular formula is C12H27ClO2Si. The summed E-state index contributed by atoms with van der Waals surface area (Å²) in [7, 11) is -1.50. The summed E-state index contributed by atoms with van der Waals surface area (Å²) in [6.45, 7) is 8.14. The Bertz CT molecular complexity index is 137. The fraction of sp³-hybridized carbons (Fsp3) is 1.00. The fourth-order valence-corrected chi connectivity index (χ4v) is 3.69. The van der Waals surface area contributed by atoms with Crippen LogP contribution in [0.3, 0.4) is 0 Å². The summed E-state index contributed by atoms with van der Waals surface area (Å²) in [5.74, 6) is 0. The third-order valence-electron chi connectivity index (χ3n) is 2.49. The van der Waals surface area contributed by atoms with E-state index >= 15 is 0 Å². The van der Waals surface area contributed by atoms with Gasteiger partial charge in [-0.15, -0.1) is 11.6 Å². The topological polar surface area (TPSA) is 18.5 Å². The van der Waals surface area contributed by atoms with E-state index in [2.05, 4.69) is 20.8 Å². The maximum Gasteiger partial charge on any atom is 0.322 e. The molecule has 0 aliphatic carbocycles. The second-order valence-electron chi connectivity index (χ2n) is 4.12. The van der Waals surface area contributed by atoms with E-state index in [1.54, 1.807) is 0 Å². The van der Waals surface area contributed by atoms with Crippen molar-refractivity contribution < 1.29 is 8.85 Å². The number of hydrogen-bond acceptors (Lipinski definition) is 2. The Balaban J connectivity index is 3.75. The summed E-state index contributed by atoms with van der Waals surface area (Å²) in [5.41, 5.74) is 0. The molecule has 2 nitrogen and oxygen atoms in total. The number of unbranched alkanes of at least 4 members (excludes halogenated alkanes) is 2. The van der Waals surface area contributed by atoms with Gasteiger partial charge in [0.05, 0.1) is 0 Å². The van der Waals surface area contributed by atoms with Crippen LogP contribution >= 0.6 is 11.6 Å². The molecule has 0 saturated carbocycles. The first kappa shape index (κ1) is 16.4. The van der Waals surface area contributed by atoms with E-state index in [1.807, 2.05) is 0 Å². The van der Waals surface area contributed by atoms with Gasteiger partial charge in [-0.25, -0.2) is 0 Å². The smallest absolute Gasteiger partial charge is 0.322 e. The van der Waals surface area contributed by atoms with Crippen LogP contribution in [-0.2, 0) is 8.85 Å². The highest BCUT2D eigenvalue weighted by atomic mass is 35.5. The van der Waals surface area contributed by atoms with Crippen molar-refractivity contribution in [2.75, 3.05) is 13.2 Å². The van der Waals surface area contributed by atoms with Gasteiger partial charge in [-0.3, -0.25) is 0 Å². The first-order valence-corrected chi connectivity index (χ1v) is 8.81. The van der Waals surface area contributed by atoms with Crippen LogP contribution in [0.4, 0.5) is 0 Å². The first-order chi connectivity index (χ1) is 7.74. The summed E-state index contributed by atoms with van der Waals surface area (Å²) < 4.78 is 11.7. The molecule has 0 rings (SSSR count). The van der Waals surface area contributed by atoms with Crippen molar-refractivity contribution >= 4 is 20.9 Å². The minimum atomic E-state index is -1.50. The van der Waals surface area contributed by atoms with E-state index in [0.717, 1.165) is 38.5 Å². The Morgan fingerprint density at radius 1 is 1.00 bits per heavy atom. The minimum absolute atomic E-state index is 0.222. The van der Waals surface area contributed by atoms with E-state index in [-0.39, 0.29) is 5.38 Å². The first-order valence-electron chi connectivity index (χ1n) is 6.61. The molecule has 0 N–H and O–H groups in total. The van der Waals surface area contributed by atoms with Gasteiger partial charge in [-0.2, -0.15) is 0 Å². The van der Waals surface area contributed by atoms with E-state index in [0.29, 0.717) is 0 Å². The van der Waals surface area contributed by atoms with Gasteiger partial charge < -0.3 is 8.85 Å². The molecule has 16 heavy (non-hydrogen) atoms. The highest BCUT2D eigenvalue weighted by Crippen LogP contribution is 2.12. The van der Waals surface area contributed by atoms with Gasteiger partial charge in [0.15, 0.2) is 0 Å². The van der Waals surface area contributed by atoms with Gasteiger partial charge in [-0.1, -0.05) is 33.6 Å². The van der Waals surface area contributed by atoms with E-state index in [4.69, 9.17) is 20.5 Å². The molecule has 0 aromatic heterocycles. The average Bonchev–Trinajstić information content (AvgIpc) is 2.29. The SMILES string of the molecule is CCCCO[SiH](CC(Cl)CC)OCCCC. The average molecular weight is 267 g/mol. The van der Waals surface area contributed by atoms with Crippen LogP contribution in [0.25, 0.3) is 0 Å². The Labute approximate surface area is 108 Å². The van der Waals surface area contributed by atoms with Crippen molar-refractivity contribution in [1.29, 1.82) is 0 Å². The molecular weight excluding hydrogens is 240 g/mol. The Morgan fingerprint density at radius 3 is 1.88 bits per heavy atom. The third kappa shape index (κ3) is 9.64. The molecule has 0 saturated heterocycles. The number of alkyl halides is 1. The molecule has 0 amide bonds. The summed E-state index contributed by atoms with van der Waals surface area (Å²) >= 11 is 6.16. The summed E-state index contributed by atoms with van der Waals surface area (Å²) in [4.78, 5) is 0. The maximum atomic E-state index is 6.16. The predicted molar refractivity (Wildman–Crippen MR) is 73.6 cm³/mol. The van der Waals surface area contributed by atoms with Crippen molar-refractivity contribution in [2.45, 2.75) is 64.3 Å². The minimum Gasteiger partial charge on any atom is -0.396 e. The lowest BCUT2D eigenvalue weighted by Crippen LogP contribution is -2.27. The van der Waals surface area contributed by atoms with Crippen LogP contribution in [-0.4, -0.2) is 27.9 Å². The van der Waals surface area contributed by atoms with E-state index < -0.39 is 9.28 Å². The lowest BCUT2D eigenvalue weighted by molar-refractivity contribution is 0.191. The summed E-state index contributed by atoms with van der Waals surface area (Å²) in [6.07, 6.45) is 5.60. The van der Waals surface area contributed by atoms with Crippen LogP contribution in [0.5, 0.6) is 0 Å². The standard InChI is InChI=1S/C12H27ClO2Si/c1-4-7-9-14-16(11-12(13)6-3)15-10-8-5-2/h12,16H,4-11H2,1-3H3. The van der Waals surface area contributed by atoms with Gasteiger partial charge in [-0.05, 0) is 19.3 Å². The van der Waals surface area contributed by atoms with Crippen molar-refractivity contribution in [3.8, 4) is 0 Å². The molecule has 0 aromatic carbocycles. The van der Waals surface area contributed by atoms with Crippen molar-refractivity contribution in [3.63, 3.8) is 0 Å². The quantitative estimate of drug-likeness (QED) is 0.321. The molecule has 0 bridgehead atoms. The maximum absolute atomic E-state index is 6.16. The largest absolute Gasteiger partial charge is 0.396 e. The van der Waals surface area contributed by atoms with Crippen LogP contribution < -0.4 is 0 Å². The molecule has 0 aliphatic rings. The van der Waals surface area contributed by atoms with Gasteiger partial charge in [0.2, 0.25) is 0 Å². The fourth-order valence-electron chi connectivity index (χ4n) is 1.28. The van der Waals surface area contributed by atoms with Crippen LogP contribution in [0, 0.1) is 0 Å². The molecule has 0 radical (unpaired) electrons. The molecule has 4 heteroatoms. The Hall–Kier alpha value is 0.427. The van der Waals surface area contributed by atoms with Gasteiger partial charge in [0.25, 0.3) is 0 Å². The molecule has 1 atom stereocenters. The number of halogens is 1. The Kier molecular flexibility index (Phi) is 12.2. The molecule has 0 fully saturated rings. The number of rotatable bonds is 11. The number of hydrogen-bond donors (Lipinski definition) is 0. The second-order valence-corrected chi connectivity index (χ2v) is 6.73. The molecule has 0 aliphatic heterocycles. The zero-order valence-electron chi connectivity index (χ0n) is 11.0. The molecule has 0 heterocycles. The monoisotopic (exact) mass is 266 g/mol. The van der Waals surface area contributed by atoms with Gasteiger partial charge in [0, 0.05) is 24.6 Å². The lowest BCUT2D eigenvalue weighted by Gasteiger charge is -2.18. The van der Waals surface area contributed by atoms with Crippen LogP contribution in [0.2, 0.25) is 6.04 Å². The Morgan fingerprint density at radius 2 is 1.50 bits per heavy atom. The van der Waals surface area contributed by atoms with Crippen LogP contribution in [0.1, 0.15) is 52.9 Å². The molecule has 0 spiro atoms. The lowest BCUT2D eigenvalue weighted by atomic mass is 10.4. The van der Waals surface area contributed by atoms with Gasteiger partial charge in [0.1, 0.15) is 0 Å². The summed E-state index contributed by atoms with van der Waals surface area (Å²) in [5, 5.41) is 0.222. The van der Waals surface area contributed by atoms with E-state index in [1.165, 1.54) is 12.8 Å².